The number of amides is 1. The third-order valence-corrected chi connectivity index (χ3v) is 3.22. The van der Waals surface area contributed by atoms with Crippen LogP contribution in [0.15, 0.2) is 54.6 Å². The van der Waals surface area contributed by atoms with E-state index in [0.29, 0.717) is 0 Å². The van der Waals surface area contributed by atoms with Crippen molar-refractivity contribution in [3.05, 3.63) is 71.5 Å². The number of aliphatic carboxylic acids is 1. The third-order valence-electron chi connectivity index (χ3n) is 3.22. The summed E-state index contributed by atoms with van der Waals surface area (Å²) in [5.74, 6) is -2.08. The second kappa shape index (κ2) is 7.36. The van der Waals surface area contributed by atoms with Crippen LogP contribution < -0.4 is 5.32 Å². The van der Waals surface area contributed by atoms with Crippen molar-refractivity contribution >= 4 is 11.9 Å². The molecular weight excluding hydrogens is 285 g/mol. The normalized spacial score (nSPS) is 11.7. The molecule has 0 aromatic heterocycles. The quantitative estimate of drug-likeness (QED) is 0.859. The van der Waals surface area contributed by atoms with Crippen molar-refractivity contribution in [1.29, 1.82) is 0 Å². The van der Waals surface area contributed by atoms with E-state index in [9.17, 15) is 19.1 Å². The van der Waals surface area contributed by atoms with E-state index in [1.165, 1.54) is 18.2 Å². The van der Waals surface area contributed by atoms with Crippen molar-refractivity contribution in [1.82, 2.24) is 5.32 Å². The fraction of sp³-hybridized carbons (Fsp3) is 0.176. The summed E-state index contributed by atoms with van der Waals surface area (Å²) in [6.45, 7) is 0. The Labute approximate surface area is 127 Å². The van der Waals surface area contributed by atoms with Crippen LogP contribution >= 0.6 is 0 Å². The highest BCUT2D eigenvalue weighted by Crippen LogP contribution is 2.10. The molecule has 2 N–H and O–H groups in total. The van der Waals surface area contributed by atoms with Gasteiger partial charge >= 0.3 is 5.97 Å². The topological polar surface area (TPSA) is 66.4 Å². The van der Waals surface area contributed by atoms with Gasteiger partial charge in [0.25, 0.3) is 0 Å². The fourth-order valence-corrected chi connectivity index (χ4v) is 2.11. The standard InChI is InChI=1S/C17H16FNO3/c18-14-9-5-4-8-13(14)11-15(17(21)22)19-16(20)10-12-6-2-1-3-7-12/h1-9,15H,10-11H2,(H,19,20)(H,21,22)/t15-/m0/s1. The average molecular weight is 301 g/mol. The number of rotatable bonds is 6. The lowest BCUT2D eigenvalue weighted by atomic mass is 10.0. The van der Waals surface area contributed by atoms with Crippen LogP contribution in [-0.4, -0.2) is 23.0 Å². The summed E-state index contributed by atoms with van der Waals surface area (Å²) in [4.78, 5) is 23.2. The molecule has 0 fully saturated rings. The van der Waals surface area contributed by atoms with Gasteiger partial charge in [0.05, 0.1) is 6.42 Å². The fourth-order valence-electron chi connectivity index (χ4n) is 2.11. The molecule has 22 heavy (non-hydrogen) atoms. The Bertz CT molecular complexity index is 658. The zero-order chi connectivity index (χ0) is 15.9. The maximum atomic E-state index is 13.6. The van der Waals surface area contributed by atoms with Gasteiger partial charge in [0.2, 0.25) is 5.91 Å². The van der Waals surface area contributed by atoms with Crippen molar-refractivity contribution in [3.63, 3.8) is 0 Å². The Hall–Kier alpha value is -2.69. The van der Waals surface area contributed by atoms with Gasteiger partial charge in [-0.2, -0.15) is 0 Å². The number of nitrogens with one attached hydrogen (secondary N) is 1. The van der Waals surface area contributed by atoms with Gasteiger partial charge in [0.1, 0.15) is 11.9 Å². The smallest absolute Gasteiger partial charge is 0.326 e. The molecule has 0 aliphatic rings. The lowest BCUT2D eigenvalue weighted by Crippen LogP contribution is -2.43. The molecule has 0 bridgehead atoms. The van der Waals surface area contributed by atoms with E-state index in [2.05, 4.69) is 5.32 Å². The molecule has 0 spiro atoms. The summed E-state index contributed by atoms with van der Waals surface area (Å²) in [7, 11) is 0. The molecule has 2 rings (SSSR count). The van der Waals surface area contributed by atoms with Crippen molar-refractivity contribution in [2.45, 2.75) is 18.9 Å². The zero-order valence-electron chi connectivity index (χ0n) is 11.8. The average Bonchev–Trinajstić information content (AvgIpc) is 2.49. The monoisotopic (exact) mass is 301 g/mol. The Morgan fingerprint density at radius 2 is 1.68 bits per heavy atom. The number of carboxylic acid groups (broad SMARTS) is 1. The highest BCUT2D eigenvalue weighted by Gasteiger charge is 2.21. The van der Waals surface area contributed by atoms with Crippen LogP contribution in [0.2, 0.25) is 0 Å². The van der Waals surface area contributed by atoms with E-state index in [-0.39, 0.29) is 18.4 Å². The Morgan fingerprint density at radius 3 is 2.32 bits per heavy atom. The number of benzene rings is 2. The SMILES string of the molecule is O=C(Cc1ccccc1)N[C@@H](Cc1ccccc1F)C(=O)O. The zero-order valence-corrected chi connectivity index (χ0v) is 11.8. The van der Waals surface area contributed by atoms with E-state index in [0.717, 1.165) is 5.56 Å². The summed E-state index contributed by atoms with van der Waals surface area (Å²) in [6, 6.07) is 13.8. The molecule has 0 saturated carbocycles. The van der Waals surface area contributed by atoms with Gasteiger partial charge in [-0.25, -0.2) is 9.18 Å². The molecule has 1 amide bonds. The van der Waals surface area contributed by atoms with Crippen LogP contribution in [-0.2, 0) is 22.4 Å². The number of halogens is 1. The predicted molar refractivity (Wildman–Crippen MR) is 79.8 cm³/mol. The van der Waals surface area contributed by atoms with Crippen LogP contribution in [0.1, 0.15) is 11.1 Å². The maximum absolute atomic E-state index is 13.6. The third kappa shape index (κ3) is 4.41. The number of carbonyl (C=O) groups excluding carboxylic acids is 1. The van der Waals surface area contributed by atoms with Gasteiger partial charge in [-0.3, -0.25) is 4.79 Å². The summed E-state index contributed by atoms with van der Waals surface area (Å²) >= 11 is 0. The van der Waals surface area contributed by atoms with Crippen molar-refractivity contribution < 1.29 is 19.1 Å². The molecule has 114 valence electrons. The summed E-state index contributed by atoms with van der Waals surface area (Å²) in [6.07, 6.45) is -0.00950. The lowest BCUT2D eigenvalue weighted by Gasteiger charge is -2.15. The van der Waals surface area contributed by atoms with Gasteiger partial charge in [-0.1, -0.05) is 48.5 Å². The molecule has 0 saturated heterocycles. The van der Waals surface area contributed by atoms with Crippen molar-refractivity contribution in [2.24, 2.45) is 0 Å². The van der Waals surface area contributed by atoms with Crippen LogP contribution in [0, 0.1) is 5.82 Å². The van der Waals surface area contributed by atoms with E-state index in [1.54, 1.807) is 30.3 Å². The molecule has 0 aliphatic carbocycles. The molecule has 0 aliphatic heterocycles. The Morgan fingerprint density at radius 1 is 1.05 bits per heavy atom. The Kier molecular flexibility index (Phi) is 5.25. The molecule has 2 aromatic rings. The molecule has 0 radical (unpaired) electrons. The van der Waals surface area contributed by atoms with Crippen LogP contribution in [0.5, 0.6) is 0 Å². The lowest BCUT2D eigenvalue weighted by molar-refractivity contribution is -0.141. The number of carbonyl (C=O) groups is 2. The van der Waals surface area contributed by atoms with E-state index >= 15 is 0 Å². The summed E-state index contributed by atoms with van der Waals surface area (Å²) in [5, 5.41) is 11.6. The first-order valence-corrected chi connectivity index (χ1v) is 6.86. The first-order valence-electron chi connectivity index (χ1n) is 6.86. The highest BCUT2D eigenvalue weighted by molar-refractivity contribution is 5.85. The number of hydrogen-bond acceptors (Lipinski definition) is 2. The molecule has 0 heterocycles. The second-order valence-electron chi connectivity index (χ2n) is 4.92. The molecule has 0 unspecified atom stereocenters. The van der Waals surface area contributed by atoms with Gasteiger partial charge in [0, 0.05) is 6.42 Å². The van der Waals surface area contributed by atoms with Crippen LogP contribution in [0.3, 0.4) is 0 Å². The van der Waals surface area contributed by atoms with Crippen LogP contribution in [0.25, 0.3) is 0 Å². The summed E-state index contributed by atoms with van der Waals surface area (Å²) in [5.41, 5.74) is 1.05. The van der Waals surface area contributed by atoms with E-state index < -0.39 is 23.7 Å². The molecule has 4 nitrogen and oxygen atoms in total. The van der Waals surface area contributed by atoms with Crippen molar-refractivity contribution in [3.8, 4) is 0 Å². The number of carboxylic acids is 1. The Balaban J connectivity index is 2.01. The minimum atomic E-state index is -1.19. The molecule has 2 aromatic carbocycles. The predicted octanol–water partition coefficient (Wildman–Crippen LogP) is 2.18. The maximum Gasteiger partial charge on any atom is 0.326 e. The first-order chi connectivity index (χ1) is 10.6. The van der Waals surface area contributed by atoms with E-state index in [1.807, 2.05) is 6.07 Å². The number of hydrogen-bond donors (Lipinski definition) is 2. The van der Waals surface area contributed by atoms with Gasteiger partial charge in [0.15, 0.2) is 0 Å². The minimum Gasteiger partial charge on any atom is -0.480 e. The molecule has 5 heteroatoms. The van der Waals surface area contributed by atoms with E-state index in [4.69, 9.17) is 0 Å². The first kappa shape index (κ1) is 15.7. The van der Waals surface area contributed by atoms with Gasteiger partial charge in [-0.05, 0) is 17.2 Å². The van der Waals surface area contributed by atoms with Gasteiger partial charge < -0.3 is 10.4 Å². The van der Waals surface area contributed by atoms with Crippen molar-refractivity contribution in [2.75, 3.05) is 0 Å². The summed E-state index contributed by atoms with van der Waals surface area (Å²) < 4.78 is 13.6. The molecule has 1 atom stereocenters. The van der Waals surface area contributed by atoms with Gasteiger partial charge in [-0.15, -0.1) is 0 Å². The highest BCUT2D eigenvalue weighted by atomic mass is 19.1. The second-order valence-corrected chi connectivity index (χ2v) is 4.92. The molecular formula is C17H16FNO3. The van der Waals surface area contributed by atoms with Crippen LogP contribution in [0.4, 0.5) is 4.39 Å². The largest absolute Gasteiger partial charge is 0.480 e. The minimum absolute atomic E-state index is 0.0852.